The number of hydrogen-bond donors (Lipinski definition) is 1. The molecule has 0 aliphatic heterocycles. The Morgan fingerprint density at radius 3 is 2.94 bits per heavy atom. The van der Waals surface area contributed by atoms with E-state index in [9.17, 15) is 0 Å². The van der Waals surface area contributed by atoms with Gasteiger partial charge in [0.05, 0.1) is 5.69 Å². The van der Waals surface area contributed by atoms with Crippen LogP contribution in [0.25, 0.3) is 0 Å². The number of nitrogens with two attached hydrogens (primary N) is 1. The lowest BCUT2D eigenvalue weighted by atomic mass is 9.89. The first-order valence-corrected chi connectivity index (χ1v) is 7.44. The van der Waals surface area contributed by atoms with Gasteiger partial charge in [0.15, 0.2) is 0 Å². The minimum Gasteiger partial charge on any atom is -0.330 e. The van der Waals surface area contributed by atoms with Gasteiger partial charge in [0.25, 0.3) is 0 Å². The van der Waals surface area contributed by atoms with Crippen molar-refractivity contribution in [2.75, 3.05) is 6.54 Å². The molecule has 100 valence electrons. The molecule has 2 saturated carbocycles. The summed E-state index contributed by atoms with van der Waals surface area (Å²) in [5.74, 6) is 2.86. The van der Waals surface area contributed by atoms with Gasteiger partial charge in [-0.3, -0.25) is 4.68 Å². The average Bonchev–Trinajstić information content (AvgIpc) is 3.06. The Balaban J connectivity index is 1.51. The highest BCUT2D eigenvalue weighted by atomic mass is 15.4. The fourth-order valence-electron chi connectivity index (χ4n) is 3.83. The lowest BCUT2D eigenvalue weighted by Crippen LogP contribution is -2.17. The molecule has 0 saturated heterocycles. The molecule has 1 aromatic heterocycles. The van der Waals surface area contributed by atoms with Gasteiger partial charge in [-0.25, -0.2) is 0 Å². The maximum absolute atomic E-state index is 5.50. The quantitative estimate of drug-likeness (QED) is 0.783. The number of hydrogen-bond acceptors (Lipinski definition) is 3. The summed E-state index contributed by atoms with van der Waals surface area (Å²) >= 11 is 0. The van der Waals surface area contributed by atoms with Gasteiger partial charge in [-0.1, -0.05) is 11.6 Å². The van der Waals surface area contributed by atoms with E-state index in [-0.39, 0.29) is 0 Å². The second-order valence-corrected chi connectivity index (χ2v) is 6.11. The second-order valence-electron chi connectivity index (χ2n) is 6.11. The van der Waals surface area contributed by atoms with E-state index in [1.165, 1.54) is 25.7 Å². The summed E-state index contributed by atoms with van der Waals surface area (Å²) in [7, 11) is 0. The molecular weight excluding hydrogens is 224 g/mol. The van der Waals surface area contributed by atoms with Crippen molar-refractivity contribution in [3.05, 3.63) is 11.9 Å². The molecule has 2 fully saturated rings. The summed E-state index contributed by atoms with van der Waals surface area (Å²) in [6.07, 6.45) is 11.2. The third-order valence-electron chi connectivity index (χ3n) is 4.78. The van der Waals surface area contributed by atoms with E-state index < -0.39 is 0 Å². The number of aryl methyl sites for hydroxylation is 1. The summed E-state index contributed by atoms with van der Waals surface area (Å²) in [5, 5.41) is 8.54. The summed E-state index contributed by atoms with van der Waals surface area (Å²) in [6, 6.07) is 0. The SMILES string of the molecule is NCCCCc1cn(CC2CC3CCC2C3)nn1. The average molecular weight is 248 g/mol. The van der Waals surface area contributed by atoms with Crippen LogP contribution in [0, 0.1) is 17.8 Å². The van der Waals surface area contributed by atoms with Crippen LogP contribution in [0.15, 0.2) is 6.20 Å². The predicted molar refractivity (Wildman–Crippen MR) is 71.0 cm³/mol. The Labute approximate surface area is 109 Å². The highest BCUT2D eigenvalue weighted by Gasteiger charge is 2.39. The maximum atomic E-state index is 5.50. The Morgan fingerprint density at radius 1 is 1.28 bits per heavy atom. The van der Waals surface area contributed by atoms with E-state index in [4.69, 9.17) is 5.73 Å². The third-order valence-corrected chi connectivity index (χ3v) is 4.78. The highest BCUT2D eigenvalue weighted by molar-refractivity contribution is 4.94. The minimum absolute atomic E-state index is 0.777. The first kappa shape index (κ1) is 12.2. The van der Waals surface area contributed by atoms with E-state index in [0.29, 0.717) is 0 Å². The van der Waals surface area contributed by atoms with Gasteiger partial charge in [0.2, 0.25) is 0 Å². The summed E-state index contributed by atoms with van der Waals surface area (Å²) in [6.45, 7) is 1.87. The van der Waals surface area contributed by atoms with Crippen LogP contribution >= 0.6 is 0 Å². The number of unbranched alkanes of at least 4 members (excludes halogenated alkanes) is 1. The van der Waals surface area contributed by atoms with Gasteiger partial charge in [0, 0.05) is 12.7 Å². The largest absolute Gasteiger partial charge is 0.330 e. The summed E-state index contributed by atoms with van der Waals surface area (Å²) in [4.78, 5) is 0. The van der Waals surface area contributed by atoms with Gasteiger partial charge in [-0.15, -0.1) is 5.10 Å². The Kier molecular flexibility index (Phi) is 3.64. The Morgan fingerprint density at radius 2 is 2.22 bits per heavy atom. The van der Waals surface area contributed by atoms with Crippen molar-refractivity contribution < 1.29 is 0 Å². The maximum Gasteiger partial charge on any atom is 0.0827 e. The smallest absolute Gasteiger partial charge is 0.0827 e. The molecule has 2 aliphatic carbocycles. The molecule has 4 nitrogen and oxygen atoms in total. The molecule has 2 N–H and O–H groups in total. The van der Waals surface area contributed by atoms with E-state index in [0.717, 1.165) is 55.8 Å². The number of aromatic nitrogens is 3. The molecule has 0 aromatic carbocycles. The molecule has 1 heterocycles. The summed E-state index contributed by atoms with van der Waals surface area (Å²) < 4.78 is 2.07. The number of rotatable bonds is 6. The van der Waals surface area contributed by atoms with Crippen molar-refractivity contribution >= 4 is 0 Å². The molecule has 0 spiro atoms. The van der Waals surface area contributed by atoms with Crippen molar-refractivity contribution in [2.45, 2.75) is 51.5 Å². The van der Waals surface area contributed by atoms with Crippen molar-refractivity contribution in [1.82, 2.24) is 15.0 Å². The van der Waals surface area contributed by atoms with Gasteiger partial charge < -0.3 is 5.73 Å². The molecule has 2 bridgehead atoms. The van der Waals surface area contributed by atoms with Crippen LogP contribution in [0.4, 0.5) is 0 Å². The van der Waals surface area contributed by atoms with Crippen LogP contribution < -0.4 is 5.73 Å². The topological polar surface area (TPSA) is 56.7 Å². The van der Waals surface area contributed by atoms with Crippen LogP contribution in [0.1, 0.15) is 44.2 Å². The van der Waals surface area contributed by atoms with Crippen LogP contribution in [-0.2, 0) is 13.0 Å². The van der Waals surface area contributed by atoms with Crippen molar-refractivity contribution in [3.8, 4) is 0 Å². The molecule has 0 amide bonds. The molecular formula is C14H24N4. The fraction of sp³-hybridized carbons (Fsp3) is 0.857. The Hall–Kier alpha value is -0.900. The van der Waals surface area contributed by atoms with E-state index >= 15 is 0 Å². The zero-order chi connectivity index (χ0) is 12.4. The summed E-state index contributed by atoms with van der Waals surface area (Å²) in [5.41, 5.74) is 6.63. The zero-order valence-corrected chi connectivity index (χ0v) is 11.1. The van der Waals surface area contributed by atoms with Crippen LogP contribution in [0.2, 0.25) is 0 Å². The monoisotopic (exact) mass is 248 g/mol. The molecule has 0 radical (unpaired) electrons. The lowest BCUT2D eigenvalue weighted by molar-refractivity contribution is 0.283. The molecule has 1 aromatic rings. The molecule has 3 atom stereocenters. The second kappa shape index (κ2) is 5.39. The lowest BCUT2D eigenvalue weighted by Gasteiger charge is -2.20. The van der Waals surface area contributed by atoms with E-state index in [2.05, 4.69) is 21.2 Å². The van der Waals surface area contributed by atoms with Crippen LogP contribution in [0.3, 0.4) is 0 Å². The Bertz CT molecular complexity index is 387. The van der Waals surface area contributed by atoms with Gasteiger partial charge in [0.1, 0.15) is 0 Å². The highest BCUT2D eigenvalue weighted by Crippen LogP contribution is 2.48. The molecule has 18 heavy (non-hydrogen) atoms. The van der Waals surface area contributed by atoms with E-state index in [1.807, 2.05) is 0 Å². The minimum atomic E-state index is 0.777. The standard InChI is InChI=1S/C14H24N4/c15-6-2-1-3-14-10-18(17-16-14)9-13-8-11-4-5-12(13)7-11/h10-13H,1-9,15H2. The molecule has 4 heteroatoms. The van der Waals surface area contributed by atoms with Gasteiger partial charge in [-0.05, 0) is 62.8 Å². The first-order valence-electron chi connectivity index (χ1n) is 7.44. The van der Waals surface area contributed by atoms with Gasteiger partial charge in [-0.2, -0.15) is 0 Å². The fourth-order valence-corrected chi connectivity index (χ4v) is 3.83. The van der Waals surface area contributed by atoms with Crippen molar-refractivity contribution in [3.63, 3.8) is 0 Å². The third kappa shape index (κ3) is 2.58. The molecule has 2 aliphatic rings. The number of fused-ring (bicyclic) bond motifs is 2. The zero-order valence-electron chi connectivity index (χ0n) is 11.1. The van der Waals surface area contributed by atoms with Crippen LogP contribution in [0.5, 0.6) is 0 Å². The number of nitrogens with zero attached hydrogens (tertiary/aromatic N) is 3. The van der Waals surface area contributed by atoms with E-state index in [1.54, 1.807) is 0 Å². The first-order chi connectivity index (χ1) is 8.85. The van der Waals surface area contributed by atoms with Crippen molar-refractivity contribution in [2.24, 2.45) is 23.5 Å². The predicted octanol–water partition coefficient (Wildman–Crippen LogP) is 2.00. The van der Waals surface area contributed by atoms with Gasteiger partial charge >= 0.3 is 0 Å². The molecule has 3 unspecified atom stereocenters. The van der Waals surface area contributed by atoms with Crippen LogP contribution in [-0.4, -0.2) is 21.5 Å². The van der Waals surface area contributed by atoms with Crippen molar-refractivity contribution in [1.29, 1.82) is 0 Å². The molecule has 3 rings (SSSR count). The normalized spacial score (nSPS) is 30.2.